The van der Waals surface area contributed by atoms with Crippen molar-refractivity contribution < 1.29 is 205 Å². The van der Waals surface area contributed by atoms with E-state index in [9.17, 15) is 43.5 Å². The van der Waals surface area contributed by atoms with Gasteiger partial charge in [0, 0.05) is 85.2 Å². The number of nitrogens with one attached hydrogen (secondary N) is 2. The monoisotopic (exact) mass is 1690 g/mol. The number of carbonyl (C=O) groups excluding carboxylic acids is 9. The van der Waals surface area contributed by atoms with E-state index >= 15 is 0 Å². The molecule has 32 heteroatoms. The Morgan fingerprint density at radius 1 is 0.538 bits per heavy atom. The summed E-state index contributed by atoms with van der Waals surface area (Å²) in [5, 5.41) is 31.1. The number of amides is 4. The number of anilines is 2. The normalized spacial score (nSPS) is 11.3. The van der Waals surface area contributed by atoms with Crippen molar-refractivity contribution in [3.63, 3.8) is 0 Å². The number of carbonyl (C=O) groups is 9. The van der Waals surface area contributed by atoms with E-state index in [1.54, 1.807) is 72.1 Å². The fourth-order valence-corrected chi connectivity index (χ4v) is 12.0. The zero-order valence-corrected chi connectivity index (χ0v) is 76.3. The molecule has 8 rings (SSSR count). The summed E-state index contributed by atoms with van der Waals surface area (Å²) in [6.45, 7) is 18.2. The first kappa shape index (κ1) is 103. The molecule has 0 saturated heterocycles. The number of rotatable bonds is 43. The van der Waals surface area contributed by atoms with Gasteiger partial charge in [-0.05, 0) is 165 Å². The van der Waals surface area contributed by atoms with Gasteiger partial charge in [0.05, 0.1) is 93.0 Å². The molecule has 0 spiro atoms. The summed E-state index contributed by atoms with van der Waals surface area (Å²) in [5.41, 5.74) is 14.0. The van der Waals surface area contributed by atoms with Crippen LogP contribution in [0.4, 0.5) is 21.2 Å². The van der Waals surface area contributed by atoms with E-state index < -0.39 is 47.2 Å². The number of Topliss-reactive ketones (excluding diaryl/α,β-unsaturated/α-hetero) is 2. The van der Waals surface area contributed by atoms with Crippen LogP contribution in [0.5, 0.6) is 11.5 Å². The summed E-state index contributed by atoms with van der Waals surface area (Å²) in [6, 6.07) is 45.6. The Hall–Kier alpha value is -8.65. The average molecular weight is 1690 g/mol. The minimum absolute atomic E-state index is 0. The van der Waals surface area contributed by atoms with Crippen LogP contribution in [-0.4, -0.2) is 187 Å². The van der Waals surface area contributed by atoms with Gasteiger partial charge in [0.25, 0.3) is 6.47 Å². The van der Waals surface area contributed by atoms with Crippen molar-refractivity contribution in [3.05, 3.63) is 191 Å². The molecule has 2 heterocycles. The SMILES string of the molecule is COC(=O)C[C@H](CC(=O)CNC(=O)CCCN(C(=O)OC(C)(C)C)c1cc(C)ccn1)c1ccc(-c2ccc(O)c3ccccc23)cc1.COC(=O)C[C@H](CC(=O)CNC(=O)CCCN(C(=O)OC(C)(C)C)c1cc(C)ccn1)c1ccc(-c2ccc(OCCOCCOCCOCCOCCN=[N+]=[N-])c3ccccc23)cc1.O=CO[O-].[H-].[K+].[K+]. The van der Waals surface area contributed by atoms with Crippen LogP contribution in [0.15, 0.2) is 163 Å². The van der Waals surface area contributed by atoms with Crippen LogP contribution in [0, 0.1) is 13.8 Å². The molecule has 2 aromatic heterocycles. The van der Waals surface area contributed by atoms with Gasteiger partial charge in [-0.3, -0.25) is 43.4 Å². The predicted octanol–water partition coefficient (Wildman–Crippen LogP) is 7.32. The fraction of sp³-hybridized carbons (Fsp3) is 0.414. The van der Waals surface area contributed by atoms with Gasteiger partial charge >= 0.3 is 127 Å². The van der Waals surface area contributed by atoms with Crippen molar-refractivity contribution >= 4 is 87.2 Å². The van der Waals surface area contributed by atoms with Crippen molar-refractivity contribution in [1.29, 1.82) is 0 Å². The number of methoxy groups -OCH3 is 2. The van der Waals surface area contributed by atoms with E-state index in [4.69, 9.17) is 58.2 Å². The Morgan fingerprint density at radius 2 is 0.924 bits per heavy atom. The Labute approximate surface area is 780 Å². The second-order valence-corrected chi connectivity index (χ2v) is 28.9. The molecule has 2 atom stereocenters. The Balaban J connectivity index is 0.000000601. The number of esters is 2. The van der Waals surface area contributed by atoms with Gasteiger partial charge in [-0.1, -0.05) is 114 Å². The van der Waals surface area contributed by atoms with Gasteiger partial charge in [0.15, 0.2) is 11.6 Å². The van der Waals surface area contributed by atoms with Crippen LogP contribution in [-0.2, 0) is 76.3 Å². The molecule has 30 nitrogen and oxygen atoms in total. The molecule has 6 aromatic carbocycles. The summed E-state index contributed by atoms with van der Waals surface area (Å²) in [7, 11) is 2.61. The molecule has 8 aromatic rings. The number of hydrogen-bond donors (Lipinski definition) is 3. The third kappa shape index (κ3) is 37.9. The molecule has 0 radical (unpaired) electrons. The first-order valence-electron chi connectivity index (χ1n) is 38.3. The summed E-state index contributed by atoms with van der Waals surface area (Å²) < 4.78 is 49.0. The molecule has 0 aliphatic carbocycles. The molecule has 0 saturated carbocycles. The molecule has 0 aliphatic heterocycles. The molecular formula is C87H107K2N9O21. The number of ketones is 2. The number of aromatic hydroxyl groups is 1. The predicted molar refractivity (Wildman–Crippen MR) is 439 cm³/mol. The second kappa shape index (κ2) is 55.3. The largest absolute Gasteiger partial charge is 1.00 e. The molecule has 0 bridgehead atoms. The van der Waals surface area contributed by atoms with Crippen molar-refractivity contribution in [2.45, 2.75) is 130 Å². The third-order valence-corrected chi connectivity index (χ3v) is 17.6. The van der Waals surface area contributed by atoms with Gasteiger partial charge < -0.3 is 69.9 Å². The van der Waals surface area contributed by atoms with E-state index in [1.807, 2.05) is 141 Å². The summed E-state index contributed by atoms with van der Waals surface area (Å²) in [5.74, 6) is -1.17. The van der Waals surface area contributed by atoms with Crippen LogP contribution in [0.2, 0.25) is 0 Å². The molecule has 4 amide bonds. The summed E-state index contributed by atoms with van der Waals surface area (Å²) in [6.07, 6.45) is 2.92. The molecule has 119 heavy (non-hydrogen) atoms. The number of aryl methyl sites for hydroxylation is 2. The maximum Gasteiger partial charge on any atom is 1.00 e. The number of phenolic OH excluding ortho intramolecular Hbond substituents is 1. The Morgan fingerprint density at radius 3 is 1.32 bits per heavy atom. The molecular weight excluding hydrogens is 1590 g/mol. The number of nitrogens with zero attached hydrogens (tertiary/aromatic N) is 7. The number of hydrogen-bond acceptors (Lipinski definition) is 24. The smallest absolute Gasteiger partial charge is 1.00 e. The van der Waals surface area contributed by atoms with Crippen molar-refractivity contribution in [1.82, 2.24) is 20.6 Å². The first-order valence-corrected chi connectivity index (χ1v) is 38.3. The van der Waals surface area contributed by atoms with Crippen molar-refractivity contribution in [2.24, 2.45) is 5.11 Å². The van der Waals surface area contributed by atoms with E-state index in [2.05, 4.69) is 35.5 Å². The average Bonchev–Trinajstić information content (AvgIpc) is 0.778. The second-order valence-electron chi connectivity index (χ2n) is 28.9. The number of aromatic nitrogens is 2. The topological polar surface area (TPSA) is 394 Å². The number of fused-ring (bicyclic) bond motifs is 2. The quantitative estimate of drug-likeness (QED) is 0.00322. The van der Waals surface area contributed by atoms with Crippen LogP contribution >= 0.6 is 0 Å². The maximum atomic E-state index is 13.2. The zero-order valence-electron chi connectivity index (χ0n) is 71.0. The molecule has 0 fully saturated rings. The van der Waals surface area contributed by atoms with Gasteiger partial charge in [0.2, 0.25) is 11.8 Å². The van der Waals surface area contributed by atoms with Crippen molar-refractivity contribution in [3.8, 4) is 33.8 Å². The zero-order chi connectivity index (χ0) is 85.1. The van der Waals surface area contributed by atoms with E-state index in [-0.39, 0.29) is 205 Å². The molecule has 0 unspecified atom stereocenters. The third-order valence-electron chi connectivity index (χ3n) is 17.6. The van der Waals surface area contributed by atoms with Crippen LogP contribution in [0.25, 0.3) is 54.2 Å². The minimum Gasteiger partial charge on any atom is -1.00 e. The molecule has 3 N–H and O–H groups in total. The van der Waals surface area contributed by atoms with Crippen molar-refractivity contribution in [2.75, 3.05) is 116 Å². The number of ether oxygens (including phenoxy) is 9. The summed E-state index contributed by atoms with van der Waals surface area (Å²) in [4.78, 5) is 128. The van der Waals surface area contributed by atoms with Crippen LogP contribution in [0.3, 0.4) is 0 Å². The fourth-order valence-electron chi connectivity index (χ4n) is 12.0. The van der Waals surface area contributed by atoms with Gasteiger partial charge in [0.1, 0.15) is 40.9 Å². The van der Waals surface area contributed by atoms with E-state index in [0.29, 0.717) is 90.5 Å². The van der Waals surface area contributed by atoms with Crippen LogP contribution < -0.4 is 133 Å². The number of pyridine rings is 2. The summed E-state index contributed by atoms with van der Waals surface area (Å²) >= 11 is 0. The molecule has 0 aliphatic rings. The number of benzene rings is 6. The Kier molecular flexibility index (Phi) is 47.7. The molecule has 628 valence electrons. The standard InChI is InChI=1S/C48H62N6O11.C38H43N3O7.CH2O3.2K.H/c1-35-18-19-50-44(31-35)54(47(58)65-48(2,3)4)21-8-11-45(56)51-34-39(55)32-38(33-46(57)59-5)36-12-14-37(15-13-36)40-16-17-43(42-10-7-6-9-41(40)42)64-30-29-63-28-27-62-26-25-61-24-23-60-22-20-52-53-49;1-25-18-19-39-34(21-25)41(37(46)48-38(2,3)4)20-8-11-35(44)40-24-29(42)22-28(23-36(45)47-5)26-12-14-27(15-13-26)30-16-17-33(43)32-10-7-6-9-31(30)32;2-1-4-3;;;/h6-7,9-10,12-19,31,38H,8,11,20-30,32-34H2,1-5H3,(H,51,56);6-7,9-10,12-19,21,28,43H,8,11,20,22-24H2,1-5H3,(H,40,44);1,3H;;;/q;;;2*+1;-1/p-1/t38-;28-;;;;/m00..../s1. The number of azide groups is 1. The van der Waals surface area contributed by atoms with E-state index in [1.165, 1.54) is 24.0 Å². The minimum atomic E-state index is -0.716. The van der Waals surface area contributed by atoms with Gasteiger partial charge in [-0.15, -0.1) is 0 Å². The van der Waals surface area contributed by atoms with E-state index in [0.717, 1.165) is 71.8 Å². The number of phenols is 1. The first-order chi connectivity index (χ1) is 56.1. The van der Waals surface area contributed by atoms with Crippen LogP contribution in [0.1, 0.15) is 128 Å². The van der Waals surface area contributed by atoms with Gasteiger partial charge in [-0.2, -0.15) is 0 Å². The maximum absolute atomic E-state index is 13.2. The Bertz CT molecular complexity index is 4610. The van der Waals surface area contributed by atoms with Gasteiger partial charge in [-0.25, -0.2) is 19.6 Å².